The van der Waals surface area contributed by atoms with E-state index in [1.165, 1.54) is 0 Å². The molecule has 0 aliphatic rings. The molecule has 0 saturated heterocycles. The van der Waals surface area contributed by atoms with Gasteiger partial charge in [-0.25, -0.2) is 0 Å². The molecular formula is H4BNaO3. The van der Waals surface area contributed by atoms with Crippen molar-refractivity contribution in [1.29, 1.82) is 0 Å². The molecule has 5 heteroatoms. The van der Waals surface area contributed by atoms with Crippen LogP contribution in [0.1, 0.15) is 0 Å². The molecule has 0 radical (unpaired) electrons. The number of hydrogen-bond donors (Lipinski definition) is 0. The second-order valence-electron chi connectivity index (χ2n) is 0.0680. The zero-order valence-electron chi connectivity index (χ0n) is 1.22. The van der Waals surface area contributed by atoms with Gasteiger partial charge in [-0.15, -0.1) is 0 Å². The van der Waals surface area contributed by atoms with Gasteiger partial charge in [0.1, 0.15) is 0 Å². The summed E-state index contributed by atoms with van der Waals surface area (Å²) in [5.41, 5.74) is 0. The van der Waals surface area contributed by atoms with E-state index in [0.717, 1.165) is 0 Å². The van der Waals surface area contributed by atoms with Gasteiger partial charge in [-0.1, -0.05) is 10.2 Å². The molecule has 26 valence electrons. The van der Waals surface area contributed by atoms with Crippen molar-refractivity contribution < 1.29 is 5.26 Å². The molecule has 0 aromatic carbocycles. The normalized spacial score (nSPS) is 2.40. The van der Waals surface area contributed by atoms with Crippen molar-refractivity contribution in [1.82, 2.24) is 0 Å². The van der Waals surface area contributed by atoms with Crippen molar-refractivity contribution in [2.45, 2.75) is 0 Å². The summed E-state index contributed by atoms with van der Waals surface area (Å²) in [5, 5.41) is 7.88. The summed E-state index contributed by atoms with van der Waals surface area (Å²) in [5.74, 6) is 0. The second-order valence-corrected chi connectivity index (χ2v) is 0.0680. The monoisotopic (exact) mass is 86.0 g/mol. The average molecular weight is 85.8 g/mol. The third kappa shape index (κ3) is 125. The van der Waals surface area contributed by atoms with Crippen LogP contribution in [0.5, 0.6) is 0 Å². The van der Waals surface area contributed by atoms with Gasteiger partial charge >= 0.3 is 29.6 Å². The first-order chi connectivity index (χ1) is 1.41. The third-order valence-electron chi connectivity index (χ3n) is 0. The van der Waals surface area contributed by atoms with Crippen LogP contribution >= 0.6 is 0 Å². The molecule has 0 saturated carbocycles. The van der Waals surface area contributed by atoms with E-state index in [1.54, 1.807) is 4.75 Å². The van der Waals surface area contributed by atoms with Gasteiger partial charge in [-0.3, -0.25) is 0 Å². The van der Waals surface area contributed by atoms with Gasteiger partial charge in [0, 0.05) is 0 Å². The Hall–Kier alpha value is 0.465. The van der Waals surface area contributed by atoms with Crippen LogP contribution in [0.25, 0.3) is 0 Å². The molecule has 0 atom stereocenters. The molecule has 0 aromatic rings. The SMILES string of the molecule is B.O=[O+][O-].[NaH]. The first-order valence-electron chi connectivity index (χ1n) is 0.333. The van der Waals surface area contributed by atoms with E-state index < -0.39 is 0 Å². The molecular weight excluding hydrogens is 81.8 g/mol. The van der Waals surface area contributed by atoms with E-state index in [1.807, 2.05) is 0 Å². The Morgan fingerprint density at radius 2 is 1.60 bits per heavy atom. The summed E-state index contributed by atoms with van der Waals surface area (Å²) in [6, 6.07) is 0. The minimum atomic E-state index is 0. The van der Waals surface area contributed by atoms with Crippen molar-refractivity contribution in [2.24, 2.45) is 0 Å². The molecule has 0 aliphatic heterocycles. The number of hydrogen-bond acceptors (Lipinski definition) is 2. The standard InChI is InChI=1S/BH3.Na.O3.H/c;;1-3-2;/h1H3;;;. The van der Waals surface area contributed by atoms with Crippen LogP contribution < -0.4 is 5.26 Å². The molecule has 0 rings (SSSR count). The topological polar surface area (TPSA) is 51.4 Å². The van der Waals surface area contributed by atoms with Gasteiger partial charge < -0.3 is 0 Å². The van der Waals surface area contributed by atoms with E-state index in [4.69, 9.17) is 10.2 Å². The van der Waals surface area contributed by atoms with Crippen LogP contribution in [0.15, 0.2) is 0 Å². The minimum absolute atomic E-state index is 0. The van der Waals surface area contributed by atoms with Gasteiger partial charge in [-0.05, 0) is 0 Å². The van der Waals surface area contributed by atoms with Gasteiger partial charge in [0.25, 0.3) is 0 Å². The van der Waals surface area contributed by atoms with E-state index >= 15 is 0 Å². The van der Waals surface area contributed by atoms with E-state index in [-0.39, 0.29) is 38.0 Å². The number of rotatable bonds is 0. The van der Waals surface area contributed by atoms with Gasteiger partial charge in [0.05, 0.1) is 8.41 Å². The summed E-state index contributed by atoms with van der Waals surface area (Å²) < 4.78 is 1.75. The summed E-state index contributed by atoms with van der Waals surface area (Å²) in [4.78, 5) is 7.88. The fourth-order valence-electron chi connectivity index (χ4n) is 0. The Morgan fingerprint density at radius 3 is 1.60 bits per heavy atom. The van der Waals surface area contributed by atoms with Crippen LogP contribution in [0.4, 0.5) is 0 Å². The Kier molecular flexibility index (Phi) is 89.6. The van der Waals surface area contributed by atoms with Gasteiger partial charge in [0.15, 0.2) is 4.75 Å². The Morgan fingerprint density at radius 1 is 1.60 bits per heavy atom. The van der Waals surface area contributed by atoms with Crippen LogP contribution in [0.3, 0.4) is 0 Å². The Balaban J connectivity index is -0.0000000200. The quantitative estimate of drug-likeness (QED) is 0.137. The predicted octanol–water partition coefficient (Wildman–Crippen LogP) is -2.95. The second kappa shape index (κ2) is 25.0. The molecule has 3 nitrogen and oxygen atoms in total. The molecule has 0 aromatic heterocycles. The molecule has 0 spiro atoms. The summed E-state index contributed by atoms with van der Waals surface area (Å²) in [7, 11) is 0. The maximum atomic E-state index is 7.88. The van der Waals surface area contributed by atoms with E-state index in [0.29, 0.717) is 0 Å². The van der Waals surface area contributed by atoms with E-state index in [2.05, 4.69) is 0 Å². The molecule has 0 bridgehead atoms. The van der Waals surface area contributed by atoms with Crippen molar-refractivity contribution in [2.75, 3.05) is 0 Å². The molecule has 0 amide bonds. The van der Waals surface area contributed by atoms with Crippen molar-refractivity contribution >= 4 is 38.0 Å². The predicted molar refractivity (Wildman–Crippen MR) is 23.8 cm³/mol. The maximum absolute atomic E-state index is 7.88. The summed E-state index contributed by atoms with van der Waals surface area (Å²) in [6.07, 6.45) is 0. The average Bonchev–Trinajstić information content (AvgIpc) is 0.918. The fraction of sp³-hybridized carbons (Fsp3) is 0. The Bertz CT molecular complexity index is 14.4. The van der Waals surface area contributed by atoms with Crippen LogP contribution in [-0.4, -0.2) is 38.0 Å². The van der Waals surface area contributed by atoms with Crippen molar-refractivity contribution in [3.63, 3.8) is 0 Å². The van der Waals surface area contributed by atoms with Crippen molar-refractivity contribution in [3.05, 3.63) is 9.71 Å². The Labute approximate surface area is 53.1 Å². The fourth-order valence-corrected chi connectivity index (χ4v) is 0. The van der Waals surface area contributed by atoms with Crippen LogP contribution in [-0.2, 0) is 0 Å². The molecule has 0 N–H and O–H groups in total. The van der Waals surface area contributed by atoms with Crippen LogP contribution in [0.2, 0.25) is 0 Å². The molecule has 0 heterocycles. The first-order valence-corrected chi connectivity index (χ1v) is 0.333. The third-order valence-corrected chi connectivity index (χ3v) is 0. The molecule has 0 aliphatic carbocycles. The zero-order chi connectivity index (χ0) is 2.71. The van der Waals surface area contributed by atoms with Gasteiger partial charge in [0.2, 0.25) is 0 Å². The zero-order valence-corrected chi connectivity index (χ0v) is 1.22. The molecule has 0 unspecified atom stereocenters. The van der Waals surface area contributed by atoms with E-state index in [9.17, 15) is 0 Å². The van der Waals surface area contributed by atoms with Gasteiger partial charge in [-0.2, -0.15) is 0 Å². The molecule has 0 fully saturated rings. The summed E-state index contributed by atoms with van der Waals surface area (Å²) >= 11 is 0. The summed E-state index contributed by atoms with van der Waals surface area (Å²) in [6.45, 7) is 0. The van der Waals surface area contributed by atoms with Crippen molar-refractivity contribution in [3.8, 4) is 0 Å². The first kappa shape index (κ1) is 17.9. The molecule has 5 heavy (non-hydrogen) atoms. The van der Waals surface area contributed by atoms with Crippen LogP contribution in [0, 0.1) is 9.71 Å².